The fraction of sp³-hybridized carbons (Fsp3) is 0.125. The third-order valence-corrected chi connectivity index (χ3v) is 4.57. The smallest absolute Gasteiger partial charge is 0.137 e. The quantitative estimate of drug-likeness (QED) is 0.490. The molecule has 0 radical (unpaired) electrons. The van der Waals surface area contributed by atoms with Gasteiger partial charge in [-0.1, -0.05) is 91.0 Å². The molecule has 0 saturated carbocycles. The lowest BCUT2D eigenvalue weighted by molar-refractivity contribution is 0.245. The highest BCUT2D eigenvalue weighted by Crippen LogP contribution is 2.17. The number of benzene rings is 3. The third kappa shape index (κ3) is 4.72. The summed E-state index contributed by atoms with van der Waals surface area (Å²) in [6.45, 7) is 2.62. The van der Waals surface area contributed by atoms with Crippen LogP contribution in [0.4, 0.5) is 0 Å². The number of aromatic nitrogens is 2. The molecule has 0 amide bonds. The molecule has 4 aromatic rings. The highest BCUT2D eigenvalue weighted by Gasteiger charge is 2.11. The number of hydrogen-bond donors (Lipinski definition) is 1. The number of aromatic amines is 1. The van der Waals surface area contributed by atoms with Gasteiger partial charge in [-0.2, -0.15) is 0 Å². The Hall–Kier alpha value is -3.17. The van der Waals surface area contributed by atoms with Crippen LogP contribution >= 0.6 is 0 Å². The Morgan fingerprint density at radius 2 is 1.15 bits per heavy atom. The molecule has 0 spiro atoms. The number of nitrogens with one attached hydrogen (secondary N) is 1. The van der Waals surface area contributed by atoms with Crippen molar-refractivity contribution in [2.75, 3.05) is 0 Å². The molecule has 0 bridgehead atoms. The first-order valence-corrected chi connectivity index (χ1v) is 9.26. The van der Waals surface area contributed by atoms with E-state index < -0.39 is 0 Å². The molecular weight excluding hydrogens is 330 g/mol. The number of imidazole rings is 1. The predicted molar refractivity (Wildman–Crippen MR) is 110 cm³/mol. The number of rotatable bonds is 7. The molecule has 3 nitrogen and oxygen atoms in total. The van der Waals surface area contributed by atoms with Crippen molar-refractivity contribution in [1.29, 1.82) is 0 Å². The molecule has 3 heteroatoms. The number of nitrogens with zero attached hydrogens (tertiary/aromatic N) is 2. The van der Waals surface area contributed by atoms with Crippen LogP contribution in [-0.2, 0) is 19.6 Å². The Kier molecular flexibility index (Phi) is 5.42. The molecule has 3 aromatic carbocycles. The summed E-state index contributed by atoms with van der Waals surface area (Å²) in [5, 5.41) is 0. The van der Waals surface area contributed by atoms with Crippen molar-refractivity contribution in [3.05, 3.63) is 114 Å². The van der Waals surface area contributed by atoms with Crippen molar-refractivity contribution in [2.45, 2.75) is 19.6 Å². The second-order valence-corrected chi connectivity index (χ2v) is 6.74. The van der Waals surface area contributed by atoms with Gasteiger partial charge in [0.15, 0.2) is 0 Å². The Labute approximate surface area is 160 Å². The SMILES string of the molecule is c1ccc(CN(Cc2ccccc2)Cc2cnc(-c3ccccc3)[nH]2)cc1. The summed E-state index contributed by atoms with van der Waals surface area (Å²) in [6, 6.07) is 31.5. The summed E-state index contributed by atoms with van der Waals surface area (Å²) < 4.78 is 0. The first kappa shape index (κ1) is 17.3. The predicted octanol–water partition coefficient (Wildman–Crippen LogP) is 5.28. The van der Waals surface area contributed by atoms with E-state index in [1.165, 1.54) is 11.1 Å². The van der Waals surface area contributed by atoms with E-state index >= 15 is 0 Å². The molecule has 0 saturated heterocycles. The minimum absolute atomic E-state index is 0.823. The zero-order valence-corrected chi connectivity index (χ0v) is 15.3. The van der Waals surface area contributed by atoms with Crippen molar-refractivity contribution in [3.63, 3.8) is 0 Å². The highest BCUT2D eigenvalue weighted by molar-refractivity contribution is 5.54. The van der Waals surface area contributed by atoms with Gasteiger partial charge in [0.05, 0.1) is 0 Å². The van der Waals surface area contributed by atoms with Gasteiger partial charge in [0.25, 0.3) is 0 Å². The lowest BCUT2D eigenvalue weighted by Gasteiger charge is -2.22. The zero-order chi connectivity index (χ0) is 18.3. The standard InChI is InChI=1S/C24H23N3/c1-4-10-20(11-5-1)17-27(18-21-12-6-2-7-13-21)19-23-16-25-24(26-23)22-14-8-3-9-15-22/h1-16H,17-19H2,(H,25,26). The normalized spacial score (nSPS) is 11.0. The topological polar surface area (TPSA) is 31.9 Å². The van der Waals surface area contributed by atoms with Crippen LogP contribution in [-0.4, -0.2) is 14.9 Å². The molecule has 0 aliphatic heterocycles. The fourth-order valence-electron chi connectivity index (χ4n) is 3.27. The van der Waals surface area contributed by atoms with E-state index in [-0.39, 0.29) is 0 Å². The van der Waals surface area contributed by atoms with Crippen LogP contribution in [0.1, 0.15) is 16.8 Å². The van der Waals surface area contributed by atoms with Gasteiger partial charge in [0.2, 0.25) is 0 Å². The van der Waals surface area contributed by atoms with Gasteiger partial charge in [-0.3, -0.25) is 4.90 Å². The minimum Gasteiger partial charge on any atom is -0.341 e. The summed E-state index contributed by atoms with van der Waals surface area (Å²) in [5.41, 5.74) is 4.87. The van der Waals surface area contributed by atoms with Gasteiger partial charge in [0, 0.05) is 37.1 Å². The van der Waals surface area contributed by atoms with Crippen LogP contribution in [0.2, 0.25) is 0 Å². The van der Waals surface area contributed by atoms with Crippen molar-refractivity contribution in [3.8, 4) is 11.4 Å². The maximum absolute atomic E-state index is 4.57. The summed E-state index contributed by atoms with van der Waals surface area (Å²) >= 11 is 0. The van der Waals surface area contributed by atoms with Crippen LogP contribution in [0, 0.1) is 0 Å². The first-order valence-electron chi connectivity index (χ1n) is 9.26. The van der Waals surface area contributed by atoms with Gasteiger partial charge >= 0.3 is 0 Å². The molecule has 0 aliphatic carbocycles. The Balaban J connectivity index is 1.52. The average molecular weight is 353 g/mol. The third-order valence-electron chi connectivity index (χ3n) is 4.57. The second kappa shape index (κ2) is 8.47. The van der Waals surface area contributed by atoms with E-state index in [0.717, 1.165) is 36.7 Å². The van der Waals surface area contributed by atoms with Gasteiger partial charge in [-0.15, -0.1) is 0 Å². The second-order valence-electron chi connectivity index (χ2n) is 6.74. The minimum atomic E-state index is 0.823. The Morgan fingerprint density at radius 1 is 0.630 bits per heavy atom. The van der Waals surface area contributed by atoms with E-state index in [9.17, 15) is 0 Å². The van der Waals surface area contributed by atoms with E-state index in [1.54, 1.807) is 0 Å². The maximum Gasteiger partial charge on any atom is 0.137 e. The highest BCUT2D eigenvalue weighted by atomic mass is 15.1. The summed E-state index contributed by atoms with van der Waals surface area (Å²) in [5.74, 6) is 0.921. The number of H-pyrrole nitrogens is 1. The van der Waals surface area contributed by atoms with Crippen LogP contribution in [0.15, 0.2) is 97.2 Å². The summed E-state index contributed by atoms with van der Waals surface area (Å²) in [7, 11) is 0. The molecule has 4 rings (SSSR count). The van der Waals surface area contributed by atoms with Gasteiger partial charge in [0.1, 0.15) is 5.82 Å². The molecule has 134 valence electrons. The zero-order valence-electron chi connectivity index (χ0n) is 15.3. The lowest BCUT2D eigenvalue weighted by Crippen LogP contribution is -2.22. The van der Waals surface area contributed by atoms with Crippen LogP contribution < -0.4 is 0 Å². The molecule has 0 aliphatic rings. The molecular formula is C24H23N3. The van der Waals surface area contributed by atoms with Crippen molar-refractivity contribution >= 4 is 0 Å². The van der Waals surface area contributed by atoms with Crippen molar-refractivity contribution in [2.24, 2.45) is 0 Å². The lowest BCUT2D eigenvalue weighted by atomic mass is 10.1. The van der Waals surface area contributed by atoms with Gasteiger partial charge in [-0.25, -0.2) is 4.98 Å². The Bertz CT molecular complexity index is 905. The Morgan fingerprint density at radius 3 is 1.70 bits per heavy atom. The van der Waals surface area contributed by atoms with Crippen LogP contribution in [0.3, 0.4) is 0 Å². The average Bonchev–Trinajstić information content (AvgIpc) is 3.19. The molecule has 27 heavy (non-hydrogen) atoms. The molecule has 0 unspecified atom stereocenters. The maximum atomic E-state index is 4.57. The van der Waals surface area contributed by atoms with Crippen molar-refractivity contribution in [1.82, 2.24) is 14.9 Å². The first-order chi connectivity index (χ1) is 13.4. The van der Waals surface area contributed by atoms with E-state index in [0.29, 0.717) is 0 Å². The van der Waals surface area contributed by atoms with Gasteiger partial charge < -0.3 is 4.98 Å². The van der Waals surface area contributed by atoms with Crippen LogP contribution in [0.25, 0.3) is 11.4 Å². The van der Waals surface area contributed by atoms with Crippen molar-refractivity contribution < 1.29 is 0 Å². The molecule has 0 atom stereocenters. The largest absolute Gasteiger partial charge is 0.341 e. The molecule has 1 heterocycles. The van der Waals surface area contributed by atoms with E-state index in [4.69, 9.17) is 0 Å². The van der Waals surface area contributed by atoms with E-state index in [2.05, 4.69) is 87.7 Å². The summed E-state index contributed by atoms with van der Waals surface area (Å²) in [4.78, 5) is 10.5. The van der Waals surface area contributed by atoms with E-state index in [1.807, 2.05) is 24.4 Å². The monoisotopic (exact) mass is 353 g/mol. The molecule has 1 N–H and O–H groups in total. The number of hydrogen-bond acceptors (Lipinski definition) is 2. The molecule has 1 aromatic heterocycles. The van der Waals surface area contributed by atoms with Gasteiger partial charge in [-0.05, 0) is 11.1 Å². The summed E-state index contributed by atoms with van der Waals surface area (Å²) in [6.07, 6.45) is 1.95. The fourth-order valence-corrected chi connectivity index (χ4v) is 3.27. The molecule has 0 fully saturated rings. The van der Waals surface area contributed by atoms with Crippen LogP contribution in [0.5, 0.6) is 0 Å².